The molecule has 110 valence electrons. The predicted octanol–water partition coefficient (Wildman–Crippen LogP) is 1.48. The molecule has 1 aromatic heterocycles. The van der Waals surface area contributed by atoms with E-state index in [1.807, 2.05) is 6.92 Å². The number of carbonyl (C=O) groups is 1. The summed E-state index contributed by atoms with van der Waals surface area (Å²) >= 11 is 0. The zero-order valence-electron chi connectivity index (χ0n) is 11.1. The molecule has 0 bridgehead atoms. The molecule has 9 nitrogen and oxygen atoms in total. The highest BCUT2D eigenvalue weighted by molar-refractivity contribution is 5.92. The molecule has 0 atom stereocenters. The number of carboxylic acid groups (broad SMARTS) is 1. The van der Waals surface area contributed by atoms with Crippen LogP contribution >= 0.6 is 0 Å². The van der Waals surface area contributed by atoms with E-state index in [0.717, 1.165) is 12.1 Å². The lowest BCUT2D eigenvalue weighted by molar-refractivity contribution is -0.385. The molecule has 0 aliphatic rings. The number of hydrogen-bond acceptors (Lipinski definition) is 6. The lowest BCUT2D eigenvalue weighted by atomic mass is 10.1. The molecule has 0 saturated carbocycles. The minimum atomic E-state index is -1.39. The molecule has 0 unspecified atom stereocenters. The Morgan fingerprint density at radius 2 is 2.29 bits per heavy atom. The molecule has 2 rings (SSSR count). The van der Waals surface area contributed by atoms with Crippen molar-refractivity contribution >= 4 is 11.7 Å². The smallest absolute Gasteiger partial charge is 0.342 e. The van der Waals surface area contributed by atoms with E-state index in [-0.39, 0.29) is 12.4 Å². The van der Waals surface area contributed by atoms with Crippen LogP contribution < -0.4 is 4.74 Å². The summed E-state index contributed by atoms with van der Waals surface area (Å²) in [5.41, 5.74) is -0.902. The maximum absolute atomic E-state index is 11.0. The van der Waals surface area contributed by atoms with Crippen LogP contribution in [0.15, 0.2) is 24.5 Å². The fraction of sp³-hybridized carbons (Fsp3) is 0.250. The Balaban J connectivity index is 2.19. The zero-order chi connectivity index (χ0) is 15.4. The lowest BCUT2D eigenvalue weighted by Crippen LogP contribution is -2.08. The summed E-state index contributed by atoms with van der Waals surface area (Å²) in [5, 5.41) is 23.7. The fourth-order valence-electron chi connectivity index (χ4n) is 1.75. The van der Waals surface area contributed by atoms with Crippen LogP contribution in [0.1, 0.15) is 23.1 Å². The highest BCUT2D eigenvalue weighted by Crippen LogP contribution is 2.24. The number of nitro groups is 1. The summed E-state index contributed by atoms with van der Waals surface area (Å²) in [7, 11) is 0. The van der Waals surface area contributed by atoms with Gasteiger partial charge in [0.2, 0.25) is 0 Å². The van der Waals surface area contributed by atoms with Crippen LogP contribution in [0.3, 0.4) is 0 Å². The van der Waals surface area contributed by atoms with Gasteiger partial charge in [-0.05, 0) is 13.0 Å². The van der Waals surface area contributed by atoms with Crippen LogP contribution in [0.2, 0.25) is 0 Å². The van der Waals surface area contributed by atoms with E-state index in [1.165, 1.54) is 12.4 Å². The Morgan fingerprint density at radius 3 is 2.90 bits per heavy atom. The monoisotopic (exact) mass is 292 g/mol. The average Bonchev–Trinajstić information content (AvgIpc) is 2.92. The zero-order valence-corrected chi connectivity index (χ0v) is 11.1. The lowest BCUT2D eigenvalue weighted by Gasteiger charge is -2.07. The molecule has 0 aliphatic carbocycles. The molecule has 0 aliphatic heterocycles. The number of ether oxygens (including phenoxy) is 1. The van der Waals surface area contributed by atoms with E-state index in [9.17, 15) is 14.9 Å². The molecule has 0 fully saturated rings. The van der Waals surface area contributed by atoms with Gasteiger partial charge < -0.3 is 9.84 Å². The SMILES string of the molecule is CCn1ncnc1COc1ccc([N+](=O)[O-])c(C(=O)O)c1. The number of rotatable bonds is 6. The molecular formula is C12H12N4O5. The van der Waals surface area contributed by atoms with Gasteiger partial charge in [-0.15, -0.1) is 0 Å². The van der Waals surface area contributed by atoms with Crippen LogP contribution in [0.5, 0.6) is 5.75 Å². The van der Waals surface area contributed by atoms with Crippen LogP contribution in [0.25, 0.3) is 0 Å². The van der Waals surface area contributed by atoms with Gasteiger partial charge in [-0.3, -0.25) is 10.1 Å². The minimum Gasteiger partial charge on any atom is -0.486 e. The maximum atomic E-state index is 11.0. The van der Waals surface area contributed by atoms with Crippen molar-refractivity contribution in [3.8, 4) is 5.75 Å². The first kappa shape index (κ1) is 14.4. The van der Waals surface area contributed by atoms with Gasteiger partial charge in [0.05, 0.1) is 4.92 Å². The summed E-state index contributed by atoms with van der Waals surface area (Å²) in [6.07, 6.45) is 1.39. The van der Waals surface area contributed by atoms with Crippen LogP contribution in [0, 0.1) is 10.1 Å². The van der Waals surface area contributed by atoms with Crippen molar-refractivity contribution in [1.29, 1.82) is 0 Å². The van der Waals surface area contributed by atoms with Gasteiger partial charge in [-0.25, -0.2) is 14.5 Å². The number of nitrogens with zero attached hydrogens (tertiary/aromatic N) is 4. The molecule has 21 heavy (non-hydrogen) atoms. The Bertz CT molecular complexity index is 682. The predicted molar refractivity (Wildman–Crippen MR) is 70.1 cm³/mol. The number of hydrogen-bond donors (Lipinski definition) is 1. The summed E-state index contributed by atoms with van der Waals surface area (Å²) in [6.45, 7) is 2.61. The Morgan fingerprint density at radius 1 is 1.52 bits per heavy atom. The van der Waals surface area contributed by atoms with Crippen LogP contribution in [-0.4, -0.2) is 30.8 Å². The number of nitro benzene ring substituents is 1. The molecule has 0 radical (unpaired) electrons. The molecule has 0 saturated heterocycles. The third-order valence-electron chi connectivity index (χ3n) is 2.76. The van der Waals surface area contributed by atoms with Crippen LogP contribution in [-0.2, 0) is 13.2 Å². The minimum absolute atomic E-state index is 0.0880. The summed E-state index contributed by atoms with van der Waals surface area (Å²) in [5.74, 6) is -0.597. The second-order valence-electron chi connectivity index (χ2n) is 4.02. The van der Waals surface area contributed by atoms with Gasteiger partial charge in [0.15, 0.2) is 5.82 Å². The van der Waals surface area contributed by atoms with Gasteiger partial charge in [-0.2, -0.15) is 5.10 Å². The molecule has 1 aromatic carbocycles. The summed E-state index contributed by atoms with van der Waals surface area (Å²) in [4.78, 5) is 25.0. The quantitative estimate of drug-likeness (QED) is 0.632. The number of carboxylic acids is 1. The molecule has 1 heterocycles. The first-order chi connectivity index (χ1) is 10.0. The van der Waals surface area contributed by atoms with Crippen molar-refractivity contribution in [3.63, 3.8) is 0 Å². The Kier molecular flexibility index (Phi) is 4.12. The fourth-order valence-corrected chi connectivity index (χ4v) is 1.75. The van der Waals surface area contributed by atoms with Crippen molar-refractivity contribution in [2.45, 2.75) is 20.1 Å². The summed E-state index contributed by atoms with van der Waals surface area (Å²) < 4.78 is 7.04. The van der Waals surface area contributed by atoms with Gasteiger partial charge >= 0.3 is 5.97 Å². The Hall–Kier alpha value is -2.97. The number of aromatic nitrogens is 3. The van der Waals surface area contributed by atoms with Crippen molar-refractivity contribution < 1.29 is 19.6 Å². The van der Waals surface area contributed by atoms with Gasteiger partial charge in [0, 0.05) is 18.7 Å². The van der Waals surface area contributed by atoms with E-state index in [4.69, 9.17) is 9.84 Å². The van der Waals surface area contributed by atoms with E-state index >= 15 is 0 Å². The second kappa shape index (κ2) is 5.99. The first-order valence-electron chi connectivity index (χ1n) is 6.04. The molecular weight excluding hydrogens is 280 g/mol. The summed E-state index contributed by atoms with van der Waals surface area (Å²) in [6, 6.07) is 3.56. The standard InChI is InChI=1S/C12H12N4O5/c1-2-15-11(13-7-14-15)6-21-8-3-4-10(16(19)20)9(5-8)12(17)18/h3-5,7H,2,6H2,1H3,(H,17,18). The average molecular weight is 292 g/mol. The molecule has 0 amide bonds. The van der Waals surface area contributed by atoms with Gasteiger partial charge in [0.1, 0.15) is 24.2 Å². The van der Waals surface area contributed by atoms with Crippen molar-refractivity contribution in [2.75, 3.05) is 0 Å². The van der Waals surface area contributed by atoms with Crippen LogP contribution in [0.4, 0.5) is 5.69 Å². The molecule has 9 heteroatoms. The number of aromatic carboxylic acids is 1. The Labute approximate surface area is 118 Å². The molecule has 1 N–H and O–H groups in total. The largest absolute Gasteiger partial charge is 0.486 e. The van der Waals surface area contributed by atoms with Crippen molar-refractivity contribution in [3.05, 3.63) is 46.0 Å². The molecule has 0 spiro atoms. The third-order valence-corrected chi connectivity index (χ3v) is 2.76. The highest BCUT2D eigenvalue weighted by atomic mass is 16.6. The normalized spacial score (nSPS) is 10.3. The van der Waals surface area contributed by atoms with E-state index in [1.54, 1.807) is 4.68 Å². The van der Waals surface area contributed by atoms with E-state index in [0.29, 0.717) is 12.4 Å². The maximum Gasteiger partial charge on any atom is 0.342 e. The second-order valence-corrected chi connectivity index (χ2v) is 4.02. The van der Waals surface area contributed by atoms with Gasteiger partial charge in [-0.1, -0.05) is 0 Å². The highest BCUT2D eigenvalue weighted by Gasteiger charge is 2.20. The van der Waals surface area contributed by atoms with E-state index < -0.39 is 22.1 Å². The van der Waals surface area contributed by atoms with Gasteiger partial charge in [0.25, 0.3) is 5.69 Å². The first-order valence-corrected chi connectivity index (χ1v) is 6.04. The van der Waals surface area contributed by atoms with Crippen molar-refractivity contribution in [2.24, 2.45) is 0 Å². The van der Waals surface area contributed by atoms with E-state index in [2.05, 4.69) is 10.1 Å². The van der Waals surface area contributed by atoms with Crippen molar-refractivity contribution in [1.82, 2.24) is 14.8 Å². The number of benzene rings is 1. The number of aryl methyl sites for hydroxylation is 1. The third kappa shape index (κ3) is 3.14. The molecule has 2 aromatic rings. The topological polar surface area (TPSA) is 120 Å².